The smallest absolute Gasteiger partial charge is 0.337 e. The third-order valence-electron chi connectivity index (χ3n) is 2.89. The molecule has 7 nitrogen and oxygen atoms in total. The average Bonchev–Trinajstić information content (AvgIpc) is 2.83. The minimum Gasteiger partial charge on any atom is -0.479 e. The summed E-state index contributed by atoms with van der Waals surface area (Å²) in [7, 11) is 0. The zero-order valence-electron chi connectivity index (χ0n) is 10.9. The number of carboxylic acid groups (broad SMARTS) is 1. The Morgan fingerprint density at radius 3 is 2.75 bits per heavy atom. The Morgan fingerprint density at radius 1 is 1.35 bits per heavy atom. The van der Waals surface area contributed by atoms with Crippen LogP contribution in [0, 0.1) is 0 Å². The first-order valence-corrected chi connectivity index (χ1v) is 5.99. The summed E-state index contributed by atoms with van der Waals surface area (Å²) < 4.78 is 10.4. The first-order valence-electron chi connectivity index (χ1n) is 5.99. The second-order valence-corrected chi connectivity index (χ2v) is 4.72. The molecule has 7 heteroatoms. The molecule has 1 aromatic carbocycles. The maximum atomic E-state index is 11.7. The molecule has 1 aliphatic heterocycles. The monoisotopic (exact) mass is 281 g/mol. The van der Waals surface area contributed by atoms with Gasteiger partial charge in [-0.1, -0.05) is 6.07 Å². The molecule has 0 radical (unpaired) electrons. The third kappa shape index (κ3) is 3.18. The highest BCUT2D eigenvalue weighted by atomic mass is 16.7. The van der Waals surface area contributed by atoms with Gasteiger partial charge in [0.25, 0.3) is 0 Å². The Kier molecular flexibility index (Phi) is 3.80. The number of aliphatic hydroxyl groups is 1. The number of hydrogen-bond donors (Lipinski definition) is 3. The number of rotatable bonds is 5. The van der Waals surface area contributed by atoms with Gasteiger partial charge in [-0.05, 0) is 24.6 Å². The summed E-state index contributed by atoms with van der Waals surface area (Å²) in [5.74, 6) is -0.568. The van der Waals surface area contributed by atoms with Crippen LogP contribution in [0.1, 0.15) is 12.5 Å². The topological polar surface area (TPSA) is 105 Å². The van der Waals surface area contributed by atoms with Gasteiger partial charge in [-0.25, -0.2) is 4.79 Å². The van der Waals surface area contributed by atoms with Crippen molar-refractivity contribution in [3.8, 4) is 11.5 Å². The molecule has 20 heavy (non-hydrogen) atoms. The van der Waals surface area contributed by atoms with E-state index in [-0.39, 0.29) is 25.7 Å². The quantitative estimate of drug-likeness (QED) is 0.696. The molecule has 1 heterocycles. The normalized spacial score (nSPS) is 15.5. The zero-order valence-corrected chi connectivity index (χ0v) is 10.9. The molecule has 0 saturated carbocycles. The van der Waals surface area contributed by atoms with E-state index in [1.165, 1.54) is 0 Å². The summed E-state index contributed by atoms with van der Waals surface area (Å²) in [5, 5.41) is 20.6. The second kappa shape index (κ2) is 5.38. The van der Waals surface area contributed by atoms with Crippen LogP contribution in [0.4, 0.5) is 0 Å². The van der Waals surface area contributed by atoms with Gasteiger partial charge in [-0.15, -0.1) is 0 Å². The lowest BCUT2D eigenvalue weighted by Gasteiger charge is -2.18. The summed E-state index contributed by atoms with van der Waals surface area (Å²) in [5.41, 5.74) is -1.27. The van der Waals surface area contributed by atoms with E-state index in [0.717, 1.165) is 6.92 Å². The largest absolute Gasteiger partial charge is 0.479 e. The maximum absolute atomic E-state index is 11.7. The Balaban J connectivity index is 1.90. The van der Waals surface area contributed by atoms with Crippen LogP contribution < -0.4 is 14.8 Å². The van der Waals surface area contributed by atoms with E-state index in [4.69, 9.17) is 14.6 Å². The van der Waals surface area contributed by atoms with E-state index >= 15 is 0 Å². The fourth-order valence-corrected chi connectivity index (χ4v) is 1.65. The lowest BCUT2D eigenvalue weighted by Crippen LogP contribution is -2.46. The van der Waals surface area contributed by atoms with E-state index in [9.17, 15) is 14.7 Å². The molecule has 0 aliphatic carbocycles. The minimum atomic E-state index is -1.98. The standard InChI is InChI=1S/C13H15NO6/c1-13(18,12(16)17)6-14-11(15)5-8-2-3-9-10(4-8)20-7-19-9/h2-4,18H,5-7H2,1H3,(H,14,15)(H,16,17). The molecule has 0 spiro atoms. The molecule has 2 rings (SSSR count). The summed E-state index contributed by atoms with van der Waals surface area (Å²) in [6, 6.07) is 5.12. The number of carboxylic acids is 1. The fraction of sp³-hybridized carbons (Fsp3) is 0.385. The van der Waals surface area contributed by atoms with Crippen molar-refractivity contribution in [1.29, 1.82) is 0 Å². The molecule has 1 unspecified atom stereocenters. The van der Waals surface area contributed by atoms with Crippen LogP contribution in [0.25, 0.3) is 0 Å². The van der Waals surface area contributed by atoms with E-state index in [2.05, 4.69) is 5.32 Å². The second-order valence-electron chi connectivity index (χ2n) is 4.72. The van der Waals surface area contributed by atoms with Crippen LogP contribution in [-0.2, 0) is 16.0 Å². The van der Waals surface area contributed by atoms with Gasteiger partial charge in [0, 0.05) is 0 Å². The summed E-state index contributed by atoms with van der Waals surface area (Å²) in [6.45, 7) is 0.925. The van der Waals surface area contributed by atoms with Gasteiger partial charge >= 0.3 is 5.97 Å². The van der Waals surface area contributed by atoms with E-state index in [0.29, 0.717) is 17.1 Å². The number of carbonyl (C=O) groups is 2. The van der Waals surface area contributed by atoms with Crippen molar-refractivity contribution >= 4 is 11.9 Å². The number of hydrogen-bond acceptors (Lipinski definition) is 5. The molecular formula is C13H15NO6. The molecule has 0 fully saturated rings. The van der Waals surface area contributed by atoms with Gasteiger partial charge in [0.1, 0.15) is 0 Å². The van der Waals surface area contributed by atoms with Crippen LogP contribution >= 0.6 is 0 Å². The predicted molar refractivity (Wildman–Crippen MR) is 67.5 cm³/mol. The van der Waals surface area contributed by atoms with Crippen molar-refractivity contribution in [2.24, 2.45) is 0 Å². The number of benzene rings is 1. The number of ether oxygens (including phenoxy) is 2. The molecule has 0 aromatic heterocycles. The molecule has 1 amide bonds. The Hall–Kier alpha value is -2.28. The van der Waals surface area contributed by atoms with Gasteiger partial charge in [0.05, 0.1) is 13.0 Å². The van der Waals surface area contributed by atoms with Crippen LogP contribution in [-0.4, -0.2) is 41.0 Å². The van der Waals surface area contributed by atoms with Crippen LogP contribution in [0.2, 0.25) is 0 Å². The Morgan fingerprint density at radius 2 is 2.05 bits per heavy atom. The van der Waals surface area contributed by atoms with Crippen LogP contribution in [0.15, 0.2) is 18.2 Å². The maximum Gasteiger partial charge on any atom is 0.337 e. The molecule has 108 valence electrons. The van der Waals surface area contributed by atoms with Crippen molar-refractivity contribution in [2.75, 3.05) is 13.3 Å². The Bertz CT molecular complexity index is 540. The van der Waals surface area contributed by atoms with E-state index in [1.807, 2.05) is 0 Å². The molecule has 3 N–H and O–H groups in total. The first-order chi connectivity index (χ1) is 9.38. The third-order valence-corrected chi connectivity index (χ3v) is 2.89. The van der Waals surface area contributed by atoms with Crippen LogP contribution in [0.5, 0.6) is 11.5 Å². The highest BCUT2D eigenvalue weighted by Gasteiger charge is 2.30. The van der Waals surface area contributed by atoms with Crippen molar-refractivity contribution in [1.82, 2.24) is 5.32 Å². The number of carbonyl (C=O) groups excluding carboxylic acids is 1. The molecule has 1 atom stereocenters. The lowest BCUT2D eigenvalue weighted by atomic mass is 10.1. The number of amides is 1. The highest BCUT2D eigenvalue weighted by Crippen LogP contribution is 2.32. The van der Waals surface area contributed by atoms with Gasteiger partial charge in [0.2, 0.25) is 12.7 Å². The SMILES string of the molecule is CC(O)(CNC(=O)Cc1ccc2c(c1)OCO2)C(=O)O. The van der Waals surface area contributed by atoms with Gasteiger partial charge in [-0.3, -0.25) is 4.79 Å². The van der Waals surface area contributed by atoms with E-state index < -0.39 is 11.6 Å². The van der Waals surface area contributed by atoms with Crippen molar-refractivity contribution in [3.05, 3.63) is 23.8 Å². The van der Waals surface area contributed by atoms with Crippen molar-refractivity contribution in [3.63, 3.8) is 0 Å². The summed E-state index contributed by atoms with van der Waals surface area (Å²) in [4.78, 5) is 22.4. The molecule has 0 bridgehead atoms. The van der Waals surface area contributed by atoms with Crippen LogP contribution in [0.3, 0.4) is 0 Å². The summed E-state index contributed by atoms with van der Waals surface area (Å²) >= 11 is 0. The zero-order chi connectivity index (χ0) is 14.8. The predicted octanol–water partition coefficient (Wildman–Crippen LogP) is -0.0904. The van der Waals surface area contributed by atoms with E-state index in [1.54, 1.807) is 18.2 Å². The lowest BCUT2D eigenvalue weighted by molar-refractivity contribution is -0.156. The van der Waals surface area contributed by atoms with Gasteiger partial charge in [0.15, 0.2) is 17.1 Å². The number of nitrogens with one attached hydrogen (secondary N) is 1. The number of aliphatic carboxylic acids is 1. The molecule has 1 aromatic rings. The minimum absolute atomic E-state index is 0.0618. The molecular weight excluding hydrogens is 266 g/mol. The van der Waals surface area contributed by atoms with Gasteiger partial charge in [-0.2, -0.15) is 0 Å². The van der Waals surface area contributed by atoms with Crippen molar-refractivity contribution < 1.29 is 29.3 Å². The first kappa shape index (κ1) is 14.1. The highest BCUT2D eigenvalue weighted by molar-refractivity contribution is 5.81. The average molecular weight is 281 g/mol. The Labute approximate surface area is 115 Å². The van der Waals surface area contributed by atoms with Crippen molar-refractivity contribution in [2.45, 2.75) is 18.9 Å². The summed E-state index contributed by atoms with van der Waals surface area (Å²) in [6.07, 6.45) is 0.0618. The van der Waals surface area contributed by atoms with Gasteiger partial charge < -0.3 is 25.0 Å². The fourth-order valence-electron chi connectivity index (χ4n) is 1.65. The molecule has 1 aliphatic rings. The molecule has 0 saturated heterocycles. The number of fused-ring (bicyclic) bond motifs is 1.